The van der Waals surface area contributed by atoms with Crippen LogP contribution >= 0.6 is 0 Å². The Balaban J connectivity index is 1.86. The zero-order valence-corrected chi connectivity index (χ0v) is 15.8. The maximum absolute atomic E-state index is 12.9. The van der Waals surface area contributed by atoms with Crippen molar-refractivity contribution < 1.29 is 18.9 Å². The lowest BCUT2D eigenvalue weighted by atomic mass is 10.0. The largest absolute Gasteiger partial charge is 0.422 e. The van der Waals surface area contributed by atoms with Crippen LogP contribution < -0.4 is 10.4 Å². The summed E-state index contributed by atoms with van der Waals surface area (Å²) in [5.41, 5.74) is 0.681. The van der Waals surface area contributed by atoms with Gasteiger partial charge in [0.05, 0.1) is 15.9 Å². The molecule has 0 amide bonds. The molecule has 0 saturated carbocycles. The van der Waals surface area contributed by atoms with E-state index in [0.29, 0.717) is 16.5 Å². The molecule has 0 radical (unpaired) electrons. The number of carbonyl (C=O) groups is 1. The summed E-state index contributed by atoms with van der Waals surface area (Å²) in [5, 5.41) is 11.5. The van der Waals surface area contributed by atoms with Gasteiger partial charge in [0, 0.05) is 11.6 Å². The number of esters is 1. The molecule has 7 heteroatoms. The van der Waals surface area contributed by atoms with Crippen molar-refractivity contribution in [2.24, 2.45) is 0 Å². The van der Waals surface area contributed by atoms with E-state index in [1.165, 1.54) is 25.1 Å². The third-order valence-electron chi connectivity index (χ3n) is 4.65. The van der Waals surface area contributed by atoms with Crippen molar-refractivity contribution in [3.63, 3.8) is 0 Å². The normalized spacial score (nSPS) is 10.7. The molecule has 30 heavy (non-hydrogen) atoms. The third-order valence-corrected chi connectivity index (χ3v) is 4.65. The van der Waals surface area contributed by atoms with Crippen molar-refractivity contribution in [3.05, 3.63) is 104 Å². The van der Waals surface area contributed by atoms with Crippen LogP contribution in [-0.2, 0) is 0 Å². The molecular weight excluding hydrogens is 386 g/mol. The first-order chi connectivity index (χ1) is 14.5. The monoisotopic (exact) mass is 401 g/mol. The van der Waals surface area contributed by atoms with Crippen LogP contribution in [-0.4, -0.2) is 10.9 Å². The van der Waals surface area contributed by atoms with Gasteiger partial charge in [-0.1, -0.05) is 42.5 Å². The highest BCUT2D eigenvalue weighted by Gasteiger charge is 2.22. The summed E-state index contributed by atoms with van der Waals surface area (Å²) in [5.74, 6) is -0.657. The van der Waals surface area contributed by atoms with E-state index >= 15 is 0 Å². The van der Waals surface area contributed by atoms with E-state index in [1.807, 2.05) is 0 Å². The molecule has 0 fully saturated rings. The summed E-state index contributed by atoms with van der Waals surface area (Å²) in [6.07, 6.45) is 0. The summed E-state index contributed by atoms with van der Waals surface area (Å²) in [6.45, 7) is 1.54. The van der Waals surface area contributed by atoms with Crippen molar-refractivity contribution in [3.8, 4) is 16.9 Å². The minimum atomic E-state index is -0.735. The molecule has 0 aliphatic rings. The second-order valence-electron chi connectivity index (χ2n) is 6.60. The quantitative estimate of drug-likeness (QED) is 0.209. The van der Waals surface area contributed by atoms with E-state index in [2.05, 4.69) is 0 Å². The van der Waals surface area contributed by atoms with E-state index in [9.17, 15) is 19.7 Å². The molecule has 1 heterocycles. The number of carbonyl (C=O) groups excluding carboxylic acids is 1. The number of hydrogen-bond donors (Lipinski definition) is 0. The zero-order valence-electron chi connectivity index (χ0n) is 15.8. The minimum absolute atomic E-state index is 0.0778. The van der Waals surface area contributed by atoms with Gasteiger partial charge in [-0.2, -0.15) is 0 Å². The van der Waals surface area contributed by atoms with Gasteiger partial charge in [0.15, 0.2) is 5.75 Å². The van der Waals surface area contributed by atoms with E-state index in [0.717, 1.165) is 0 Å². The van der Waals surface area contributed by atoms with Gasteiger partial charge >= 0.3 is 11.6 Å². The second-order valence-corrected chi connectivity index (χ2v) is 6.60. The summed E-state index contributed by atoms with van der Waals surface area (Å²) in [4.78, 5) is 36.1. The van der Waals surface area contributed by atoms with Gasteiger partial charge in [-0.15, -0.1) is 0 Å². The number of nitro groups is 1. The van der Waals surface area contributed by atoms with Crippen molar-refractivity contribution >= 4 is 22.6 Å². The lowest BCUT2D eigenvalue weighted by Crippen LogP contribution is -2.14. The van der Waals surface area contributed by atoms with Gasteiger partial charge in [0.2, 0.25) is 0 Å². The first kappa shape index (κ1) is 19.1. The maximum atomic E-state index is 12.9. The maximum Gasteiger partial charge on any atom is 0.348 e. The van der Waals surface area contributed by atoms with E-state index in [1.54, 1.807) is 54.6 Å². The first-order valence-corrected chi connectivity index (χ1v) is 9.04. The average Bonchev–Trinajstić information content (AvgIpc) is 2.74. The predicted molar refractivity (Wildman–Crippen MR) is 111 cm³/mol. The number of fused-ring (bicyclic) bond motifs is 1. The van der Waals surface area contributed by atoms with Crippen LogP contribution in [0.3, 0.4) is 0 Å². The highest BCUT2D eigenvalue weighted by molar-refractivity contribution is 5.97. The number of ether oxygens (including phenoxy) is 1. The summed E-state index contributed by atoms with van der Waals surface area (Å²) in [6, 6.07) is 19.5. The lowest BCUT2D eigenvalue weighted by molar-refractivity contribution is -0.385. The molecule has 0 bridgehead atoms. The molecular formula is C23H15NO6. The zero-order chi connectivity index (χ0) is 21.3. The van der Waals surface area contributed by atoms with Gasteiger partial charge in [-0.05, 0) is 36.8 Å². The molecule has 0 saturated heterocycles. The molecule has 148 valence electrons. The molecule has 0 N–H and O–H groups in total. The van der Waals surface area contributed by atoms with Gasteiger partial charge in [-0.3, -0.25) is 10.1 Å². The highest BCUT2D eigenvalue weighted by atomic mass is 16.6. The van der Waals surface area contributed by atoms with Gasteiger partial charge in [0.25, 0.3) is 5.69 Å². The van der Waals surface area contributed by atoms with Crippen molar-refractivity contribution in [1.82, 2.24) is 0 Å². The van der Waals surface area contributed by atoms with Crippen LogP contribution in [0.5, 0.6) is 5.75 Å². The Labute approximate surface area is 170 Å². The van der Waals surface area contributed by atoms with E-state index in [-0.39, 0.29) is 28.1 Å². The van der Waals surface area contributed by atoms with Crippen molar-refractivity contribution in [2.75, 3.05) is 0 Å². The van der Waals surface area contributed by atoms with E-state index in [4.69, 9.17) is 9.15 Å². The average molecular weight is 401 g/mol. The van der Waals surface area contributed by atoms with Gasteiger partial charge in [-0.25, -0.2) is 9.59 Å². The standard InChI is InChI=1S/C23H15NO6/c1-14-13-16(11-12-18(14)24(27)28)22(25)30-21-17-9-5-6-10-19(17)29-23(26)20(21)15-7-3-2-4-8-15/h2-13H,1H3. The molecule has 3 aromatic carbocycles. The summed E-state index contributed by atoms with van der Waals surface area (Å²) >= 11 is 0. The molecule has 4 rings (SSSR count). The van der Waals surface area contributed by atoms with Crippen molar-refractivity contribution in [1.29, 1.82) is 0 Å². The third kappa shape index (κ3) is 3.44. The van der Waals surface area contributed by atoms with Crippen LogP contribution in [0, 0.1) is 17.0 Å². The Morgan fingerprint density at radius 1 is 1.00 bits per heavy atom. The van der Waals surface area contributed by atoms with Crippen LogP contribution in [0.4, 0.5) is 5.69 Å². The number of para-hydroxylation sites is 1. The Morgan fingerprint density at radius 2 is 1.70 bits per heavy atom. The fourth-order valence-corrected chi connectivity index (χ4v) is 3.22. The number of hydrogen-bond acceptors (Lipinski definition) is 6. The smallest absolute Gasteiger partial charge is 0.348 e. The van der Waals surface area contributed by atoms with E-state index < -0.39 is 16.5 Å². The SMILES string of the molecule is Cc1cc(C(=O)Oc2c(-c3ccccc3)c(=O)oc3ccccc23)ccc1[N+](=O)[O-]. The predicted octanol–water partition coefficient (Wildman–Crippen LogP) is 4.90. The molecule has 0 aliphatic carbocycles. The van der Waals surface area contributed by atoms with Crippen LogP contribution in [0.25, 0.3) is 22.1 Å². The number of nitro benzene ring substituents is 1. The molecule has 0 unspecified atom stereocenters. The number of rotatable bonds is 4. The van der Waals surface area contributed by atoms with Crippen LogP contribution in [0.15, 0.2) is 82.0 Å². The lowest BCUT2D eigenvalue weighted by Gasteiger charge is -2.12. The Morgan fingerprint density at radius 3 is 2.40 bits per heavy atom. The molecule has 4 aromatic rings. The highest BCUT2D eigenvalue weighted by Crippen LogP contribution is 2.34. The molecule has 0 aliphatic heterocycles. The van der Waals surface area contributed by atoms with Gasteiger partial charge in [0.1, 0.15) is 11.1 Å². The molecule has 0 atom stereocenters. The first-order valence-electron chi connectivity index (χ1n) is 9.04. The summed E-state index contributed by atoms with van der Waals surface area (Å²) < 4.78 is 11.1. The number of nitrogens with zero attached hydrogens (tertiary/aromatic N) is 1. The fraction of sp³-hybridized carbons (Fsp3) is 0.0435. The topological polar surface area (TPSA) is 99.7 Å². The number of aryl methyl sites for hydroxylation is 1. The Kier molecular flexibility index (Phi) is 4.85. The van der Waals surface area contributed by atoms with Crippen molar-refractivity contribution in [2.45, 2.75) is 6.92 Å². The fourth-order valence-electron chi connectivity index (χ4n) is 3.22. The van der Waals surface area contributed by atoms with Crippen LogP contribution in [0.2, 0.25) is 0 Å². The van der Waals surface area contributed by atoms with Crippen LogP contribution in [0.1, 0.15) is 15.9 Å². The summed E-state index contributed by atoms with van der Waals surface area (Å²) in [7, 11) is 0. The number of benzene rings is 3. The molecule has 7 nitrogen and oxygen atoms in total. The molecule has 1 aromatic heterocycles. The Hall–Kier alpha value is -4.26. The minimum Gasteiger partial charge on any atom is -0.422 e. The molecule has 0 spiro atoms. The second kappa shape index (κ2) is 7.63. The van der Waals surface area contributed by atoms with Gasteiger partial charge < -0.3 is 9.15 Å². The Bertz CT molecular complexity index is 1340.